The lowest BCUT2D eigenvalue weighted by molar-refractivity contribution is -0.146. The second-order valence-corrected chi connectivity index (χ2v) is 7.12. The van der Waals surface area contributed by atoms with Gasteiger partial charge in [-0.1, -0.05) is 18.6 Å². The quantitative estimate of drug-likeness (QED) is 0.788. The highest BCUT2D eigenvalue weighted by Gasteiger charge is 2.28. The molecule has 0 unspecified atom stereocenters. The highest BCUT2D eigenvalue weighted by Crippen LogP contribution is 2.21. The Labute approximate surface area is 149 Å². The zero-order valence-corrected chi connectivity index (χ0v) is 15.1. The molecule has 2 saturated heterocycles. The number of likely N-dealkylation sites (tertiary alicyclic amines) is 2. The molecule has 2 fully saturated rings. The van der Waals surface area contributed by atoms with Crippen LogP contribution in [0.15, 0.2) is 24.3 Å². The zero-order chi connectivity index (χ0) is 17.6. The SMILES string of the molecule is COC(=O)C1CCN(C(=O)c2ccc(CN3CCCCC3)cc2)CC1. The Morgan fingerprint density at radius 2 is 1.64 bits per heavy atom. The predicted octanol–water partition coefficient (Wildman–Crippen LogP) is 2.70. The van der Waals surface area contributed by atoms with Gasteiger partial charge in [-0.05, 0) is 56.5 Å². The van der Waals surface area contributed by atoms with Gasteiger partial charge in [0, 0.05) is 25.2 Å². The molecule has 0 N–H and O–H groups in total. The van der Waals surface area contributed by atoms with Gasteiger partial charge in [-0.25, -0.2) is 0 Å². The van der Waals surface area contributed by atoms with Crippen molar-refractivity contribution in [2.24, 2.45) is 5.92 Å². The van der Waals surface area contributed by atoms with Crippen LogP contribution in [0.25, 0.3) is 0 Å². The molecule has 0 atom stereocenters. The molecular weight excluding hydrogens is 316 g/mol. The number of nitrogens with zero attached hydrogens (tertiary/aromatic N) is 2. The van der Waals surface area contributed by atoms with Crippen LogP contribution in [0.1, 0.15) is 48.0 Å². The zero-order valence-electron chi connectivity index (χ0n) is 15.1. The van der Waals surface area contributed by atoms with E-state index in [1.165, 1.54) is 45.0 Å². The lowest BCUT2D eigenvalue weighted by Crippen LogP contribution is -2.40. The molecule has 136 valence electrons. The molecule has 25 heavy (non-hydrogen) atoms. The summed E-state index contributed by atoms with van der Waals surface area (Å²) in [5, 5.41) is 0. The maximum Gasteiger partial charge on any atom is 0.308 e. The summed E-state index contributed by atoms with van der Waals surface area (Å²) >= 11 is 0. The Morgan fingerprint density at radius 3 is 2.24 bits per heavy atom. The Morgan fingerprint density at radius 1 is 1.00 bits per heavy atom. The fourth-order valence-corrected chi connectivity index (χ4v) is 3.80. The van der Waals surface area contributed by atoms with E-state index in [9.17, 15) is 9.59 Å². The van der Waals surface area contributed by atoms with Crippen LogP contribution in [0.4, 0.5) is 0 Å². The molecular formula is C20H28N2O3. The van der Waals surface area contributed by atoms with E-state index in [1.807, 2.05) is 17.0 Å². The molecule has 0 bridgehead atoms. The first kappa shape index (κ1) is 17.9. The van der Waals surface area contributed by atoms with Crippen molar-refractivity contribution in [3.63, 3.8) is 0 Å². The largest absolute Gasteiger partial charge is 0.469 e. The topological polar surface area (TPSA) is 49.9 Å². The van der Waals surface area contributed by atoms with Crippen molar-refractivity contribution in [1.29, 1.82) is 0 Å². The van der Waals surface area contributed by atoms with Crippen LogP contribution in [-0.4, -0.2) is 55.0 Å². The van der Waals surface area contributed by atoms with Gasteiger partial charge in [0.05, 0.1) is 13.0 Å². The molecule has 1 aromatic rings. The smallest absolute Gasteiger partial charge is 0.308 e. The molecule has 0 aromatic heterocycles. The van der Waals surface area contributed by atoms with Gasteiger partial charge in [0.25, 0.3) is 5.91 Å². The number of hydrogen-bond donors (Lipinski definition) is 0. The third-order valence-corrected chi connectivity index (χ3v) is 5.37. The second kappa shape index (κ2) is 8.48. The van der Waals surface area contributed by atoms with Crippen molar-refractivity contribution >= 4 is 11.9 Å². The Kier molecular flexibility index (Phi) is 6.08. The summed E-state index contributed by atoms with van der Waals surface area (Å²) in [7, 11) is 1.42. The highest BCUT2D eigenvalue weighted by molar-refractivity contribution is 5.94. The summed E-state index contributed by atoms with van der Waals surface area (Å²) in [5.41, 5.74) is 2.00. The minimum absolute atomic E-state index is 0.0628. The summed E-state index contributed by atoms with van der Waals surface area (Å²) in [6.45, 7) is 4.56. The molecule has 0 spiro atoms. The summed E-state index contributed by atoms with van der Waals surface area (Å²) in [6.07, 6.45) is 5.30. The summed E-state index contributed by atoms with van der Waals surface area (Å²) < 4.78 is 4.80. The van der Waals surface area contributed by atoms with Crippen molar-refractivity contribution in [1.82, 2.24) is 9.80 Å². The summed E-state index contributed by atoms with van der Waals surface area (Å²) in [5.74, 6) is -0.164. The number of esters is 1. The monoisotopic (exact) mass is 344 g/mol. The van der Waals surface area contributed by atoms with Crippen LogP contribution in [0.5, 0.6) is 0 Å². The number of ether oxygens (including phenoxy) is 1. The van der Waals surface area contributed by atoms with E-state index >= 15 is 0 Å². The fraction of sp³-hybridized carbons (Fsp3) is 0.600. The van der Waals surface area contributed by atoms with Gasteiger partial charge < -0.3 is 9.64 Å². The Balaban J connectivity index is 1.53. The molecule has 5 heteroatoms. The number of amides is 1. The van der Waals surface area contributed by atoms with Crippen molar-refractivity contribution in [2.45, 2.75) is 38.6 Å². The number of rotatable bonds is 4. The van der Waals surface area contributed by atoms with Crippen LogP contribution < -0.4 is 0 Å². The minimum Gasteiger partial charge on any atom is -0.469 e. The first-order valence-electron chi connectivity index (χ1n) is 9.36. The Bertz CT molecular complexity index is 585. The van der Waals surface area contributed by atoms with E-state index in [-0.39, 0.29) is 17.8 Å². The van der Waals surface area contributed by atoms with Crippen LogP contribution in [0.2, 0.25) is 0 Å². The molecule has 0 aliphatic carbocycles. The molecule has 2 aliphatic heterocycles. The third kappa shape index (κ3) is 4.60. The van der Waals surface area contributed by atoms with Crippen LogP contribution in [0.3, 0.4) is 0 Å². The van der Waals surface area contributed by atoms with Crippen molar-refractivity contribution < 1.29 is 14.3 Å². The first-order chi connectivity index (χ1) is 12.2. The van der Waals surface area contributed by atoms with Crippen LogP contribution in [-0.2, 0) is 16.1 Å². The van der Waals surface area contributed by atoms with Gasteiger partial charge in [0.15, 0.2) is 0 Å². The highest BCUT2D eigenvalue weighted by atomic mass is 16.5. The Hall–Kier alpha value is -1.88. The van der Waals surface area contributed by atoms with Gasteiger partial charge in [-0.3, -0.25) is 14.5 Å². The van der Waals surface area contributed by atoms with Crippen LogP contribution in [0, 0.1) is 5.92 Å². The maximum atomic E-state index is 12.6. The summed E-state index contributed by atoms with van der Waals surface area (Å²) in [6, 6.07) is 8.02. The molecule has 3 rings (SSSR count). The number of methoxy groups -OCH3 is 1. The van der Waals surface area contributed by atoms with Crippen molar-refractivity contribution in [3.8, 4) is 0 Å². The van der Waals surface area contributed by atoms with E-state index < -0.39 is 0 Å². The van der Waals surface area contributed by atoms with E-state index in [2.05, 4.69) is 17.0 Å². The number of benzene rings is 1. The lowest BCUT2D eigenvalue weighted by Gasteiger charge is -2.31. The molecule has 5 nitrogen and oxygen atoms in total. The molecule has 1 aromatic carbocycles. The molecule has 0 saturated carbocycles. The summed E-state index contributed by atoms with van der Waals surface area (Å²) in [4.78, 5) is 28.6. The van der Waals surface area contributed by atoms with E-state index in [1.54, 1.807) is 0 Å². The number of hydrogen-bond acceptors (Lipinski definition) is 4. The van der Waals surface area contributed by atoms with E-state index in [0.29, 0.717) is 25.9 Å². The molecule has 1 amide bonds. The molecule has 0 radical (unpaired) electrons. The van der Waals surface area contributed by atoms with Crippen molar-refractivity contribution in [3.05, 3.63) is 35.4 Å². The molecule has 2 aliphatic rings. The van der Waals surface area contributed by atoms with E-state index in [0.717, 1.165) is 12.1 Å². The fourth-order valence-electron chi connectivity index (χ4n) is 3.80. The predicted molar refractivity (Wildman–Crippen MR) is 96.2 cm³/mol. The normalized spacial score (nSPS) is 19.6. The molecule has 2 heterocycles. The average Bonchev–Trinajstić information content (AvgIpc) is 2.68. The van der Waals surface area contributed by atoms with Gasteiger partial charge in [0.2, 0.25) is 0 Å². The standard InChI is InChI=1S/C20H28N2O3/c1-25-20(24)18-9-13-22(14-10-18)19(23)17-7-5-16(6-8-17)15-21-11-3-2-4-12-21/h5-8,18H,2-4,9-15H2,1H3. The van der Waals surface area contributed by atoms with E-state index in [4.69, 9.17) is 4.74 Å². The minimum atomic E-state index is -0.158. The first-order valence-corrected chi connectivity index (χ1v) is 9.36. The number of carbonyl (C=O) groups excluding carboxylic acids is 2. The van der Waals surface area contributed by atoms with Gasteiger partial charge in [-0.2, -0.15) is 0 Å². The van der Waals surface area contributed by atoms with Crippen LogP contribution >= 0.6 is 0 Å². The number of piperidine rings is 2. The maximum absolute atomic E-state index is 12.6. The van der Waals surface area contributed by atoms with Crippen molar-refractivity contribution in [2.75, 3.05) is 33.3 Å². The second-order valence-electron chi connectivity index (χ2n) is 7.12. The lowest BCUT2D eigenvalue weighted by atomic mass is 9.96. The third-order valence-electron chi connectivity index (χ3n) is 5.37. The van der Waals surface area contributed by atoms with Gasteiger partial charge in [0.1, 0.15) is 0 Å². The van der Waals surface area contributed by atoms with Gasteiger partial charge >= 0.3 is 5.97 Å². The van der Waals surface area contributed by atoms with Gasteiger partial charge in [-0.15, -0.1) is 0 Å². The number of carbonyl (C=O) groups is 2. The average molecular weight is 344 g/mol.